The number of nitrogens with zero attached hydrogens (tertiary/aromatic N) is 4. The minimum Gasteiger partial charge on any atom is -0.480 e. The van der Waals surface area contributed by atoms with Gasteiger partial charge in [-0.25, -0.2) is 9.78 Å². The van der Waals surface area contributed by atoms with Crippen LogP contribution in [0.2, 0.25) is 0 Å². The molecular weight excluding hydrogens is 250 g/mol. The number of methoxy groups -OCH3 is 1. The molecule has 0 aromatic carbocycles. The van der Waals surface area contributed by atoms with E-state index >= 15 is 0 Å². The molecule has 0 aliphatic rings. The minimum absolute atomic E-state index is 0.407. The van der Waals surface area contributed by atoms with Crippen molar-refractivity contribution in [3.63, 3.8) is 0 Å². The molecule has 2 rings (SSSR count). The molecule has 8 heteroatoms. The second kappa shape index (κ2) is 6.10. The Morgan fingerprint density at radius 3 is 3.21 bits per heavy atom. The molecule has 2 aromatic heterocycles. The Bertz CT molecular complexity index is 556. The molecule has 2 aromatic rings. The number of hydrogen-bond donors (Lipinski definition) is 2. The number of carboxylic acid groups (broad SMARTS) is 1. The van der Waals surface area contributed by atoms with Gasteiger partial charge in [-0.3, -0.25) is 4.40 Å². The Morgan fingerprint density at radius 1 is 1.63 bits per heavy atom. The molecule has 0 bridgehead atoms. The van der Waals surface area contributed by atoms with E-state index in [1.165, 1.54) is 6.33 Å². The Balaban J connectivity index is 2.12. The van der Waals surface area contributed by atoms with Crippen molar-refractivity contribution in [1.82, 2.24) is 19.6 Å². The molecule has 1 unspecified atom stereocenters. The highest BCUT2D eigenvalue weighted by Gasteiger charge is 2.19. The standard InChI is InChI=1S/C11H15N5O3/c1-19-6-2-3-8(11(17)18)14-9-10-15-13-7-16(10)5-4-12-9/h4-5,7-8H,2-3,6H2,1H3,(H,12,14)(H,17,18). The first-order valence-electron chi connectivity index (χ1n) is 5.85. The largest absolute Gasteiger partial charge is 0.480 e. The van der Waals surface area contributed by atoms with Crippen LogP contribution in [0.5, 0.6) is 0 Å². The third-order valence-electron chi connectivity index (χ3n) is 2.67. The van der Waals surface area contributed by atoms with Crippen LogP contribution in [-0.4, -0.2) is 50.4 Å². The van der Waals surface area contributed by atoms with Gasteiger partial charge in [0.25, 0.3) is 0 Å². The van der Waals surface area contributed by atoms with Crippen molar-refractivity contribution in [2.24, 2.45) is 0 Å². The molecule has 0 amide bonds. The highest BCUT2D eigenvalue weighted by atomic mass is 16.5. The second-order valence-electron chi connectivity index (χ2n) is 4.01. The van der Waals surface area contributed by atoms with Gasteiger partial charge in [-0.1, -0.05) is 0 Å². The van der Waals surface area contributed by atoms with Crippen molar-refractivity contribution >= 4 is 17.4 Å². The smallest absolute Gasteiger partial charge is 0.326 e. The van der Waals surface area contributed by atoms with Crippen LogP contribution < -0.4 is 5.32 Å². The fraction of sp³-hybridized carbons (Fsp3) is 0.455. The lowest BCUT2D eigenvalue weighted by molar-refractivity contribution is -0.138. The average Bonchev–Trinajstić information content (AvgIpc) is 2.86. The zero-order valence-electron chi connectivity index (χ0n) is 10.5. The molecule has 8 nitrogen and oxygen atoms in total. The van der Waals surface area contributed by atoms with Crippen LogP contribution in [0.1, 0.15) is 12.8 Å². The first-order chi connectivity index (χ1) is 9.22. The second-order valence-corrected chi connectivity index (χ2v) is 4.01. The van der Waals surface area contributed by atoms with E-state index in [0.717, 1.165) is 0 Å². The summed E-state index contributed by atoms with van der Waals surface area (Å²) in [6.07, 6.45) is 5.88. The average molecular weight is 265 g/mol. The van der Waals surface area contributed by atoms with E-state index in [-0.39, 0.29) is 0 Å². The normalized spacial score (nSPS) is 12.5. The van der Waals surface area contributed by atoms with Crippen LogP contribution in [0.4, 0.5) is 5.82 Å². The third kappa shape index (κ3) is 3.16. The van der Waals surface area contributed by atoms with Crippen LogP contribution in [0.25, 0.3) is 5.65 Å². The van der Waals surface area contributed by atoms with Gasteiger partial charge in [0.15, 0.2) is 5.82 Å². The maximum atomic E-state index is 11.2. The number of aliphatic carboxylic acids is 1. The highest BCUT2D eigenvalue weighted by Crippen LogP contribution is 2.13. The van der Waals surface area contributed by atoms with Gasteiger partial charge in [0, 0.05) is 26.1 Å². The summed E-state index contributed by atoms with van der Waals surface area (Å²) in [5.74, 6) is -0.524. The lowest BCUT2D eigenvalue weighted by Crippen LogP contribution is -2.30. The molecule has 0 aliphatic heterocycles. The molecule has 0 saturated heterocycles. The van der Waals surface area contributed by atoms with Gasteiger partial charge in [-0.15, -0.1) is 10.2 Å². The fourth-order valence-corrected chi connectivity index (χ4v) is 1.71. The first kappa shape index (κ1) is 13.2. The van der Waals surface area contributed by atoms with E-state index < -0.39 is 12.0 Å². The maximum absolute atomic E-state index is 11.2. The van der Waals surface area contributed by atoms with Gasteiger partial charge in [0.05, 0.1) is 0 Å². The Kier molecular flexibility index (Phi) is 4.24. The molecule has 0 fully saturated rings. The predicted molar refractivity (Wildman–Crippen MR) is 66.9 cm³/mol. The van der Waals surface area contributed by atoms with Crippen LogP contribution >= 0.6 is 0 Å². The van der Waals surface area contributed by atoms with Gasteiger partial charge in [-0.05, 0) is 12.8 Å². The number of hydrogen-bond acceptors (Lipinski definition) is 6. The van der Waals surface area contributed by atoms with E-state index in [0.29, 0.717) is 30.9 Å². The molecule has 2 N–H and O–H groups in total. The van der Waals surface area contributed by atoms with Crippen LogP contribution in [0, 0.1) is 0 Å². The molecule has 0 aliphatic carbocycles. The first-order valence-corrected chi connectivity index (χ1v) is 5.85. The summed E-state index contributed by atoms with van der Waals surface area (Å²) >= 11 is 0. The fourth-order valence-electron chi connectivity index (χ4n) is 1.71. The SMILES string of the molecule is COCCCC(Nc1nccn2cnnc12)C(=O)O. The third-order valence-corrected chi connectivity index (χ3v) is 2.67. The molecule has 1 atom stereocenters. The lowest BCUT2D eigenvalue weighted by atomic mass is 10.1. The summed E-state index contributed by atoms with van der Waals surface area (Å²) in [4.78, 5) is 15.3. The monoisotopic (exact) mass is 265 g/mol. The van der Waals surface area contributed by atoms with Gasteiger partial charge >= 0.3 is 5.97 Å². The van der Waals surface area contributed by atoms with E-state index in [1.807, 2.05) is 0 Å². The summed E-state index contributed by atoms with van der Waals surface area (Å²) in [6.45, 7) is 0.522. The lowest BCUT2D eigenvalue weighted by Gasteiger charge is -2.14. The number of carbonyl (C=O) groups is 1. The van der Waals surface area contributed by atoms with Crippen LogP contribution in [0.15, 0.2) is 18.7 Å². The van der Waals surface area contributed by atoms with Crippen molar-refractivity contribution in [2.75, 3.05) is 19.0 Å². The zero-order chi connectivity index (χ0) is 13.7. The summed E-state index contributed by atoms with van der Waals surface area (Å²) in [6, 6.07) is -0.731. The van der Waals surface area contributed by atoms with E-state index in [9.17, 15) is 9.90 Å². The quantitative estimate of drug-likeness (QED) is 0.699. The topological polar surface area (TPSA) is 102 Å². The Labute approximate surface area is 109 Å². The predicted octanol–water partition coefficient (Wildman–Crippen LogP) is 0.416. The molecule has 19 heavy (non-hydrogen) atoms. The van der Waals surface area contributed by atoms with Crippen molar-refractivity contribution in [3.05, 3.63) is 18.7 Å². The summed E-state index contributed by atoms with van der Waals surface area (Å²) in [5.41, 5.74) is 0.500. The number of carboxylic acids is 1. The number of anilines is 1. The number of ether oxygens (including phenoxy) is 1. The Morgan fingerprint density at radius 2 is 2.47 bits per heavy atom. The van der Waals surface area contributed by atoms with Crippen molar-refractivity contribution in [2.45, 2.75) is 18.9 Å². The van der Waals surface area contributed by atoms with E-state index in [2.05, 4.69) is 20.5 Å². The van der Waals surface area contributed by atoms with Crippen molar-refractivity contribution in [1.29, 1.82) is 0 Å². The van der Waals surface area contributed by atoms with Gasteiger partial charge in [-0.2, -0.15) is 0 Å². The molecular formula is C11H15N5O3. The van der Waals surface area contributed by atoms with Gasteiger partial charge in [0.2, 0.25) is 5.65 Å². The molecule has 0 radical (unpaired) electrons. The summed E-state index contributed by atoms with van der Waals surface area (Å²) < 4.78 is 6.59. The zero-order valence-corrected chi connectivity index (χ0v) is 10.5. The maximum Gasteiger partial charge on any atom is 0.326 e. The van der Waals surface area contributed by atoms with Crippen molar-refractivity contribution in [3.8, 4) is 0 Å². The Hall–Kier alpha value is -2.22. The molecule has 102 valence electrons. The molecule has 2 heterocycles. The summed E-state index contributed by atoms with van der Waals surface area (Å²) in [5, 5.41) is 19.7. The summed E-state index contributed by atoms with van der Waals surface area (Å²) in [7, 11) is 1.59. The van der Waals surface area contributed by atoms with Crippen LogP contribution in [-0.2, 0) is 9.53 Å². The number of rotatable bonds is 7. The molecule has 0 spiro atoms. The van der Waals surface area contributed by atoms with Crippen molar-refractivity contribution < 1.29 is 14.6 Å². The number of aromatic nitrogens is 4. The number of fused-ring (bicyclic) bond motifs is 1. The van der Waals surface area contributed by atoms with Gasteiger partial charge in [0.1, 0.15) is 12.4 Å². The minimum atomic E-state index is -0.931. The van der Waals surface area contributed by atoms with Crippen LogP contribution in [0.3, 0.4) is 0 Å². The van der Waals surface area contributed by atoms with Gasteiger partial charge < -0.3 is 15.2 Å². The van der Waals surface area contributed by atoms with E-state index in [1.54, 1.807) is 23.9 Å². The van der Waals surface area contributed by atoms with E-state index in [4.69, 9.17) is 4.74 Å². The highest BCUT2D eigenvalue weighted by molar-refractivity contribution is 5.78. The molecule has 0 saturated carbocycles. The number of nitrogens with one attached hydrogen (secondary N) is 1.